The lowest BCUT2D eigenvalue weighted by molar-refractivity contribution is -0.218. The van der Waals surface area contributed by atoms with Gasteiger partial charge in [-0.1, -0.05) is 30.3 Å². The number of carboxylic acid groups (broad SMARTS) is 1. The summed E-state index contributed by atoms with van der Waals surface area (Å²) in [5.41, 5.74) is -1.50. The van der Waals surface area contributed by atoms with E-state index < -0.39 is 35.4 Å². The molecule has 0 bridgehead atoms. The van der Waals surface area contributed by atoms with Crippen molar-refractivity contribution < 1.29 is 27.9 Å². The van der Waals surface area contributed by atoms with Gasteiger partial charge in [0.1, 0.15) is 0 Å². The second kappa shape index (κ2) is 8.11. The van der Waals surface area contributed by atoms with Gasteiger partial charge >= 0.3 is 12.1 Å². The highest BCUT2D eigenvalue weighted by Crippen LogP contribution is 2.46. The van der Waals surface area contributed by atoms with Crippen LogP contribution in [0.5, 0.6) is 0 Å². The largest absolute Gasteiger partial charge is 0.481 e. The van der Waals surface area contributed by atoms with E-state index in [0.29, 0.717) is 32.2 Å². The van der Waals surface area contributed by atoms with Gasteiger partial charge in [0.15, 0.2) is 5.41 Å². The first-order chi connectivity index (χ1) is 13.2. The van der Waals surface area contributed by atoms with Crippen LogP contribution in [0.2, 0.25) is 0 Å². The molecule has 2 aliphatic rings. The number of aliphatic carboxylic acids is 1. The monoisotopic (exact) mass is 398 g/mol. The molecule has 28 heavy (non-hydrogen) atoms. The molecule has 1 amide bonds. The Balaban J connectivity index is 1.65. The molecule has 1 saturated heterocycles. The standard InChI is InChI=1S/C20H25F3N2O3/c21-20(22,23)19(10-11-25(13-19)12-14-4-2-1-3-5-14)18(28)24-16-8-6-15(7-9-16)17(26)27/h1-5,15-16H,6-13H2,(H,24,28)(H,26,27)/t15?,16?,19-/m0/s1. The van der Waals surface area contributed by atoms with Crippen LogP contribution in [0.3, 0.4) is 0 Å². The molecular formula is C20H25F3N2O3. The van der Waals surface area contributed by atoms with Crippen LogP contribution >= 0.6 is 0 Å². The lowest BCUT2D eigenvalue weighted by atomic mass is 9.82. The van der Waals surface area contributed by atoms with E-state index >= 15 is 0 Å². The summed E-state index contributed by atoms with van der Waals surface area (Å²) in [6.45, 7) is 0.213. The Labute approximate surface area is 161 Å². The highest BCUT2D eigenvalue weighted by atomic mass is 19.4. The zero-order valence-electron chi connectivity index (χ0n) is 15.5. The predicted molar refractivity (Wildman–Crippen MR) is 96.3 cm³/mol. The van der Waals surface area contributed by atoms with Crippen molar-refractivity contribution in [1.29, 1.82) is 0 Å². The minimum absolute atomic E-state index is 0.202. The number of amides is 1. The van der Waals surface area contributed by atoms with Crippen molar-refractivity contribution in [3.63, 3.8) is 0 Å². The van der Waals surface area contributed by atoms with Crippen LogP contribution in [0.4, 0.5) is 13.2 Å². The van der Waals surface area contributed by atoms with Crippen molar-refractivity contribution in [1.82, 2.24) is 10.2 Å². The molecule has 1 aromatic carbocycles. The zero-order chi connectivity index (χ0) is 20.4. The fourth-order valence-corrected chi connectivity index (χ4v) is 4.22. The number of benzene rings is 1. The lowest BCUT2D eigenvalue weighted by Gasteiger charge is -2.34. The lowest BCUT2D eigenvalue weighted by Crippen LogP contribution is -2.55. The Bertz CT molecular complexity index is 702. The molecule has 0 aromatic heterocycles. The summed E-state index contributed by atoms with van der Waals surface area (Å²) in [6.07, 6.45) is -3.37. The van der Waals surface area contributed by atoms with Crippen molar-refractivity contribution in [2.75, 3.05) is 13.1 Å². The summed E-state index contributed by atoms with van der Waals surface area (Å²) in [6, 6.07) is 8.83. The predicted octanol–water partition coefficient (Wildman–Crippen LogP) is 3.20. The minimum Gasteiger partial charge on any atom is -0.481 e. The topological polar surface area (TPSA) is 69.6 Å². The number of nitrogens with one attached hydrogen (secondary N) is 1. The van der Waals surface area contributed by atoms with Crippen LogP contribution in [-0.4, -0.2) is 47.2 Å². The molecule has 1 atom stereocenters. The molecule has 1 heterocycles. The first-order valence-electron chi connectivity index (χ1n) is 9.58. The number of hydrogen-bond acceptors (Lipinski definition) is 3. The summed E-state index contributed by atoms with van der Waals surface area (Å²) in [7, 11) is 0. The smallest absolute Gasteiger partial charge is 0.404 e. The second-order valence-corrected chi connectivity index (χ2v) is 7.89. The van der Waals surface area contributed by atoms with E-state index in [1.165, 1.54) is 0 Å². The van der Waals surface area contributed by atoms with Crippen LogP contribution in [0.25, 0.3) is 0 Å². The van der Waals surface area contributed by atoms with E-state index in [9.17, 15) is 22.8 Å². The fraction of sp³-hybridized carbons (Fsp3) is 0.600. The van der Waals surface area contributed by atoms with Crippen molar-refractivity contribution >= 4 is 11.9 Å². The Morgan fingerprint density at radius 1 is 1.14 bits per heavy atom. The number of nitrogens with zero attached hydrogens (tertiary/aromatic N) is 1. The molecule has 3 rings (SSSR count). The van der Waals surface area contributed by atoms with Crippen LogP contribution in [0.1, 0.15) is 37.7 Å². The first kappa shape index (κ1) is 20.6. The average molecular weight is 398 g/mol. The highest BCUT2D eigenvalue weighted by molar-refractivity contribution is 5.84. The molecule has 1 aliphatic heterocycles. The van der Waals surface area contributed by atoms with Gasteiger partial charge in [-0.15, -0.1) is 0 Å². The van der Waals surface area contributed by atoms with Gasteiger partial charge in [0.2, 0.25) is 5.91 Å². The van der Waals surface area contributed by atoms with Gasteiger partial charge < -0.3 is 10.4 Å². The number of halogens is 3. The number of carboxylic acids is 1. The van der Waals surface area contributed by atoms with Crippen LogP contribution in [-0.2, 0) is 16.1 Å². The van der Waals surface area contributed by atoms with E-state index in [2.05, 4.69) is 5.32 Å². The van der Waals surface area contributed by atoms with Gasteiger partial charge in [0.25, 0.3) is 0 Å². The van der Waals surface area contributed by atoms with Gasteiger partial charge in [-0.25, -0.2) is 0 Å². The van der Waals surface area contributed by atoms with Gasteiger partial charge in [-0.05, 0) is 44.2 Å². The molecular weight excluding hydrogens is 373 g/mol. The van der Waals surface area contributed by atoms with E-state index in [1.54, 1.807) is 4.90 Å². The Hall–Kier alpha value is -2.09. The highest BCUT2D eigenvalue weighted by Gasteiger charge is 2.63. The molecule has 2 fully saturated rings. The summed E-state index contributed by atoms with van der Waals surface area (Å²) >= 11 is 0. The molecule has 1 aromatic rings. The molecule has 0 unspecified atom stereocenters. The van der Waals surface area contributed by atoms with E-state index in [4.69, 9.17) is 5.11 Å². The molecule has 2 N–H and O–H groups in total. The summed E-state index contributed by atoms with van der Waals surface area (Å²) in [5.74, 6) is -2.34. The normalized spacial score (nSPS) is 28.8. The third kappa shape index (κ3) is 4.32. The van der Waals surface area contributed by atoms with E-state index in [0.717, 1.165) is 5.56 Å². The molecule has 5 nitrogen and oxygen atoms in total. The third-order valence-corrected chi connectivity index (χ3v) is 5.99. The fourth-order valence-electron chi connectivity index (χ4n) is 4.22. The Morgan fingerprint density at radius 2 is 1.79 bits per heavy atom. The molecule has 0 radical (unpaired) electrons. The maximum Gasteiger partial charge on any atom is 0.404 e. The number of rotatable bonds is 5. The summed E-state index contributed by atoms with van der Waals surface area (Å²) < 4.78 is 41.8. The quantitative estimate of drug-likeness (QED) is 0.799. The number of hydrogen-bond donors (Lipinski definition) is 2. The molecule has 0 spiro atoms. The van der Waals surface area contributed by atoms with E-state index in [-0.39, 0.29) is 19.5 Å². The third-order valence-electron chi connectivity index (χ3n) is 5.99. The number of carbonyl (C=O) groups is 2. The first-order valence-corrected chi connectivity index (χ1v) is 9.58. The van der Waals surface area contributed by atoms with Crippen molar-refractivity contribution in [3.8, 4) is 0 Å². The van der Waals surface area contributed by atoms with Crippen LogP contribution < -0.4 is 5.32 Å². The Kier molecular flexibility index (Phi) is 5.98. The number of carbonyl (C=O) groups excluding carboxylic acids is 1. The van der Waals surface area contributed by atoms with Gasteiger partial charge in [-0.3, -0.25) is 14.5 Å². The van der Waals surface area contributed by atoms with Gasteiger partial charge in [-0.2, -0.15) is 13.2 Å². The average Bonchev–Trinajstić information content (AvgIpc) is 3.08. The van der Waals surface area contributed by atoms with Crippen LogP contribution in [0, 0.1) is 11.3 Å². The number of likely N-dealkylation sites (tertiary alicyclic amines) is 1. The van der Waals surface area contributed by atoms with Crippen molar-refractivity contribution in [3.05, 3.63) is 35.9 Å². The van der Waals surface area contributed by atoms with Crippen LogP contribution in [0.15, 0.2) is 30.3 Å². The molecule has 8 heteroatoms. The van der Waals surface area contributed by atoms with Gasteiger partial charge in [0.05, 0.1) is 5.92 Å². The Morgan fingerprint density at radius 3 is 2.36 bits per heavy atom. The zero-order valence-corrected chi connectivity index (χ0v) is 15.5. The number of alkyl halides is 3. The van der Waals surface area contributed by atoms with Crippen molar-refractivity contribution in [2.24, 2.45) is 11.3 Å². The van der Waals surface area contributed by atoms with E-state index in [1.807, 2.05) is 30.3 Å². The summed E-state index contributed by atoms with van der Waals surface area (Å²) in [5, 5.41) is 11.6. The van der Waals surface area contributed by atoms with Gasteiger partial charge in [0, 0.05) is 19.1 Å². The maximum atomic E-state index is 13.9. The second-order valence-electron chi connectivity index (χ2n) is 7.89. The minimum atomic E-state index is -4.64. The maximum absolute atomic E-state index is 13.9. The van der Waals surface area contributed by atoms with Crippen molar-refractivity contribution in [2.45, 2.75) is 50.9 Å². The SMILES string of the molecule is O=C(O)C1CCC(NC(=O)[C@]2(C(F)(F)F)CCN(Cc3ccccc3)C2)CC1. The summed E-state index contributed by atoms with van der Waals surface area (Å²) in [4.78, 5) is 25.4. The molecule has 1 aliphatic carbocycles. The molecule has 154 valence electrons. The molecule has 1 saturated carbocycles.